The quantitative estimate of drug-likeness (QED) is 0.712. The van der Waals surface area contributed by atoms with Crippen molar-refractivity contribution >= 4 is 11.6 Å². The Labute approximate surface area is 111 Å². The zero-order chi connectivity index (χ0) is 13.0. The van der Waals surface area contributed by atoms with Gasteiger partial charge in [-0.15, -0.1) is 11.6 Å². The highest BCUT2D eigenvalue weighted by Gasteiger charge is 2.09. The van der Waals surface area contributed by atoms with Gasteiger partial charge in [0.25, 0.3) is 0 Å². The molecule has 0 saturated heterocycles. The Kier molecular flexibility index (Phi) is 4.21. The first-order chi connectivity index (χ1) is 8.74. The molecule has 3 heteroatoms. The Morgan fingerprint density at radius 1 is 1.11 bits per heavy atom. The first-order valence-electron chi connectivity index (χ1n) is 5.84. The van der Waals surface area contributed by atoms with Crippen molar-refractivity contribution in [2.75, 3.05) is 0 Å². The van der Waals surface area contributed by atoms with Crippen LogP contribution in [-0.4, -0.2) is 0 Å². The number of halogens is 2. The molecule has 0 fully saturated rings. The van der Waals surface area contributed by atoms with Crippen LogP contribution in [0.2, 0.25) is 0 Å². The average molecular weight is 265 g/mol. The molecule has 1 nitrogen and oxygen atoms in total. The van der Waals surface area contributed by atoms with Gasteiger partial charge in [0.15, 0.2) is 0 Å². The van der Waals surface area contributed by atoms with E-state index < -0.39 is 0 Å². The number of alkyl halides is 1. The Bertz CT molecular complexity index is 523. The highest BCUT2D eigenvalue weighted by atomic mass is 35.5. The van der Waals surface area contributed by atoms with Crippen LogP contribution in [0.5, 0.6) is 11.5 Å². The molecule has 0 aliphatic rings. The van der Waals surface area contributed by atoms with Crippen LogP contribution in [0.3, 0.4) is 0 Å². The summed E-state index contributed by atoms with van der Waals surface area (Å²) in [5.41, 5.74) is 1.62. The molecule has 0 bridgehead atoms. The summed E-state index contributed by atoms with van der Waals surface area (Å²) in [6, 6.07) is 12.5. The van der Waals surface area contributed by atoms with Gasteiger partial charge in [0.2, 0.25) is 0 Å². The molecule has 0 saturated carbocycles. The number of aryl methyl sites for hydroxylation is 1. The van der Waals surface area contributed by atoms with Gasteiger partial charge in [0.05, 0.1) is 5.88 Å². The van der Waals surface area contributed by atoms with Crippen molar-refractivity contribution in [2.45, 2.75) is 19.2 Å². The molecule has 2 rings (SSSR count). The summed E-state index contributed by atoms with van der Waals surface area (Å²) < 4.78 is 19.2. The van der Waals surface area contributed by atoms with E-state index in [0.717, 1.165) is 6.42 Å². The molecule has 2 aromatic carbocycles. The van der Waals surface area contributed by atoms with Crippen LogP contribution in [-0.2, 0) is 12.3 Å². The van der Waals surface area contributed by atoms with Crippen molar-refractivity contribution in [1.82, 2.24) is 0 Å². The summed E-state index contributed by atoms with van der Waals surface area (Å²) in [5, 5.41) is 0. The average Bonchev–Trinajstić information content (AvgIpc) is 2.40. The molecule has 2 aromatic rings. The van der Waals surface area contributed by atoms with Crippen molar-refractivity contribution < 1.29 is 9.13 Å². The number of hydrogen-bond donors (Lipinski definition) is 0. The summed E-state index contributed by atoms with van der Waals surface area (Å²) >= 11 is 5.73. The van der Waals surface area contributed by atoms with Gasteiger partial charge in [0, 0.05) is 5.56 Å². The highest BCUT2D eigenvalue weighted by molar-refractivity contribution is 6.17. The molecule has 0 spiro atoms. The standard InChI is InChI=1S/C15H14ClFO/c1-2-11-6-8-12(9-7-11)18-15-5-3-4-14(17)13(15)10-16/h3-9H,2,10H2,1H3. The molecule has 0 atom stereocenters. The van der Waals surface area contributed by atoms with E-state index in [1.807, 2.05) is 24.3 Å². The Morgan fingerprint density at radius 3 is 2.44 bits per heavy atom. The smallest absolute Gasteiger partial charge is 0.134 e. The van der Waals surface area contributed by atoms with Crippen molar-refractivity contribution in [3.63, 3.8) is 0 Å². The second-order valence-electron chi connectivity index (χ2n) is 3.95. The van der Waals surface area contributed by atoms with E-state index in [0.29, 0.717) is 17.1 Å². The van der Waals surface area contributed by atoms with Gasteiger partial charge in [-0.25, -0.2) is 4.39 Å². The molecule has 0 heterocycles. The van der Waals surface area contributed by atoms with Crippen molar-refractivity contribution in [1.29, 1.82) is 0 Å². The topological polar surface area (TPSA) is 9.23 Å². The molecule has 0 aliphatic carbocycles. The predicted octanol–water partition coefficient (Wildman–Crippen LogP) is 4.92. The summed E-state index contributed by atoms with van der Waals surface area (Å²) in [5.74, 6) is 0.904. The van der Waals surface area contributed by atoms with Gasteiger partial charge in [-0.05, 0) is 36.2 Å². The van der Waals surface area contributed by atoms with Crippen LogP contribution >= 0.6 is 11.6 Å². The van der Waals surface area contributed by atoms with Crippen LogP contribution in [0.4, 0.5) is 4.39 Å². The fraction of sp³-hybridized carbons (Fsp3) is 0.200. The minimum atomic E-state index is -0.340. The van der Waals surface area contributed by atoms with Gasteiger partial charge in [-0.1, -0.05) is 25.1 Å². The maximum atomic E-state index is 13.5. The van der Waals surface area contributed by atoms with Gasteiger partial charge >= 0.3 is 0 Å². The third kappa shape index (κ3) is 2.82. The second kappa shape index (κ2) is 5.87. The van der Waals surface area contributed by atoms with Crippen LogP contribution in [0, 0.1) is 5.82 Å². The first-order valence-corrected chi connectivity index (χ1v) is 6.38. The maximum absolute atomic E-state index is 13.5. The summed E-state index contributed by atoms with van der Waals surface area (Å²) in [7, 11) is 0. The number of rotatable bonds is 4. The SMILES string of the molecule is CCc1ccc(Oc2cccc(F)c2CCl)cc1. The molecule has 0 unspecified atom stereocenters. The van der Waals surface area contributed by atoms with E-state index in [1.54, 1.807) is 12.1 Å². The predicted molar refractivity (Wildman–Crippen MR) is 71.9 cm³/mol. The molecule has 0 aliphatic heterocycles. The summed E-state index contributed by atoms with van der Waals surface area (Å²) in [6.45, 7) is 2.09. The van der Waals surface area contributed by atoms with Gasteiger partial charge < -0.3 is 4.74 Å². The summed E-state index contributed by atoms with van der Waals surface area (Å²) in [6.07, 6.45) is 0.979. The van der Waals surface area contributed by atoms with Crippen LogP contribution < -0.4 is 4.74 Å². The third-order valence-corrected chi connectivity index (χ3v) is 3.04. The van der Waals surface area contributed by atoms with E-state index in [-0.39, 0.29) is 11.7 Å². The summed E-state index contributed by atoms with van der Waals surface area (Å²) in [4.78, 5) is 0. The lowest BCUT2D eigenvalue weighted by Crippen LogP contribution is -1.93. The third-order valence-electron chi connectivity index (χ3n) is 2.77. The molecule has 0 N–H and O–H groups in total. The van der Waals surface area contributed by atoms with E-state index >= 15 is 0 Å². The highest BCUT2D eigenvalue weighted by Crippen LogP contribution is 2.28. The fourth-order valence-electron chi connectivity index (χ4n) is 1.68. The van der Waals surface area contributed by atoms with Crippen LogP contribution in [0.1, 0.15) is 18.1 Å². The van der Waals surface area contributed by atoms with Crippen molar-refractivity contribution in [3.8, 4) is 11.5 Å². The first kappa shape index (κ1) is 12.9. The van der Waals surface area contributed by atoms with Crippen molar-refractivity contribution in [2.24, 2.45) is 0 Å². The minimum Gasteiger partial charge on any atom is -0.457 e. The zero-order valence-electron chi connectivity index (χ0n) is 10.1. The van der Waals surface area contributed by atoms with Crippen LogP contribution in [0.15, 0.2) is 42.5 Å². The molecule has 0 radical (unpaired) electrons. The monoisotopic (exact) mass is 264 g/mol. The molecular weight excluding hydrogens is 251 g/mol. The maximum Gasteiger partial charge on any atom is 0.134 e. The molecule has 0 amide bonds. The lowest BCUT2D eigenvalue weighted by atomic mass is 10.1. The molecule has 0 aromatic heterocycles. The number of hydrogen-bond acceptors (Lipinski definition) is 1. The normalized spacial score (nSPS) is 10.4. The molecule has 18 heavy (non-hydrogen) atoms. The Hall–Kier alpha value is -1.54. The lowest BCUT2D eigenvalue weighted by molar-refractivity contribution is 0.470. The molecular formula is C15H14ClFO. The van der Waals surface area contributed by atoms with Gasteiger partial charge in [-0.2, -0.15) is 0 Å². The Balaban J connectivity index is 2.25. The van der Waals surface area contributed by atoms with Crippen LogP contribution in [0.25, 0.3) is 0 Å². The Morgan fingerprint density at radius 2 is 1.83 bits per heavy atom. The number of ether oxygens (including phenoxy) is 1. The minimum absolute atomic E-state index is 0.0923. The van der Waals surface area contributed by atoms with E-state index in [1.165, 1.54) is 11.6 Å². The van der Waals surface area contributed by atoms with Crippen molar-refractivity contribution in [3.05, 3.63) is 59.4 Å². The van der Waals surface area contributed by atoms with E-state index in [2.05, 4.69) is 6.92 Å². The largest absolute Gasteiger partial charge is 0.457 e. The van der Waals surface area contributed by atoms with E-state index in [4.69, 9.17) is 16.3 Å². The zero-order valence-corrected chi connectivity index (χ0v) is 10.9. The van der Waals surface area contributed by atoms with Gasteiger partial charge in [-0.3, -0.25) is 0 Å². The fourth-order valence-corrected chi connectivity index (χ4v) is 1.94. The lowest BCUT2D eigenvalue weighted by Gasteiger charge is -2.10. The second-order valence-corrected chi connectivity index (χ2v) is 4.22. The van der Waals surface area contributed by atoms with E-state index in [9.17, 15) is 4.39 Å². The van der Waals surface area contributed by atoms with Gasteiger partial charge in [0.1, 0.15) is 17.3 Å². The molecule has 94 valence electrons. The number of benzene rings is 2.